The van der Waals surface area contributed by atoms with Crippen molar-refractivity contribution < 1.29 is 0 Å². The summed E-state index contributed by atoms with van der Waals surface area (Å²) >= 11 is 1.94. The van der Waals surface area contributed by atoms with Gasteiger partial charge in [-0.25, -0.2) is 0 Å². The summed E-state index contributed by atoms with van der Waals surface area (Å²) in [5, 5.41) is 10.7. The van der Waals surface area contributed by atoms with E-state index in [1.807, 2.05) is 11.3 Å². The van der Waals surface area contributed by atoms with E-state index in [2.05, 4.69) is 147 Å². The molecule has 0 nitrogen and oxygen atoms in total. The number of rotatable bonds is 2. The summed E-state index contributed by atoms with van der Waals surface area (Å²) in [7, 11) is 0. The summed E-state index contributed by atoms with van der Waals surface area (Å²) in [6.45, 7) is 4.80. The molecule has 0 aliphatic heterocycles. The lowest BCUT2D eigenvalue weighted by Gasteiger charge is -2.22. The standard InChI is InChI=1S/C43H28S/c1-43(2)36-23-22-34-31-10-6-7-11-38(31)44-42(34)41(36)35-21-16-28(24-37(35)43)30-18-13-27-14-19-32-29(25-8-4-3-5-9-25)17-12-26-15-20-33(30)40(27)39(26)32/h3-24H,1-2H3. The summed E-state index contributed by atoms with van der Waals surface area (Å²) in [5.74, 6) is 0. The van der Waals surface area contributed by atoms with E-state index < -0.39 is 0 Å². The SMILES string of the molecule is CC1(C)c2cc(-c3ccc4ccc5c(-c6ccccc6)ccc6ccc3c4c65)ccc2-c2c1ccc1c2sc2ccccc21. The predicted octanol–water partition coefficient (Wildman–Crippen LogP) is 12.6. The molecular formula is C43H28S. The summed E-state index contributed by atoms with van der Waals surface area (Å²) in [4.78, 5) is 0. The van der Waals surface area contributed by atoms with Crippen molar-refractivity contribution in [3.05, 3.63) is 145 Å². The molecule has 1 heterocycles. The molecule has 1 heteroatoms. The van der Waals surface area contributed by atoms with Crippen LogP contribution in [-0.2, 0) is 5.41 Å². The smallest absolute Gasteiger partial charge is 0.0437 e. The number of fused-ring (bicyclic) bond motifs is 7. The zero-order chi connectivity index (χ0) is 29.2. The van der Waals surface area contributed by atoms with E-state index in [-0.39, 0.29) is 5.41 Å². The fraction of sp³-hybridized carbons (Fsp3) is 0.0698. The van der Waals surface area contributed by atoms with Gasteiger partial charge in [0.2, 0.25) is 0 Å². The minimum atomic E-state index is -0.0700. The lowest BCUT2D eigenvalue weighted by atomic mass is 9.81. The Morgan fingerprint density at radius 1 is 0.455 bits per heavy atom. The molecule has 0 amide bonds. The lowest BCUT2D eigenvalue weighted by Crippen LogP contribution is -2.14. The van der Waals surface area contributed by atoms with Crippen LogP contribution in [0.25, 0.3) is 85.9 Å². The molecule has 206 valence electrons. The zero-order valence-corrected chi connectivity index (χ0v) is 25.4. The molecule has 8 aromatic carbocycles. The quantitative estimate of drug-likeness (QED) is 0.180. The minimum absolute atomic E-state index is 0.0700. The van der Waals surface area contributed by atoms with E-state index >= 15 is 0 Å². The van der Waals surface area contributed by atoms with Gasteiger partial charge >= 0.3 is 0 Å². The van der Waals surface area contributed by atoms with E-state index in [1.54, 1.807) is 0 Å². The number of hydrogen-bond acceptors (Lipinski definition) is 1. The zero-order valence-electron chi connectivity index (χ0n) is 24.6. The molecule has 1 aromatic heterocycles. The molecule has 0 radical (unpaired) electrons. The lowest BCUT2D eigenvalue weighted by molar-refractivity contribution is 0.661. The first-order chi connectivity index (χ1) is 21.6. The van der Waals surface area contributed by atoms with E-state index in [4.69, 9.17) is 0 Å². The molecule has 0 fully saturated rings. The number of hydrogen-bond donors (Lipinski definition) is 0. The van der Waals surface area contributed by atoms with Gasteiger partial charge in [-0.1, -0.05) is 135 Å². The van der Waals surface area contributed by atoms with Gasteiger partial charge < -0.3 is 0 Å². The third-order valence-corrected chi connectivity index (χ3v) is 11.4. The third-order valence-electron chi connectivity index (χ3n) is 10.2. The molecule has 0 unspecified atom stereocenters. The Morgan fingerprint density at radius 2 is 1.07 bits per heavy atom. The summed E-state index contributed by atoms with van der Waals surface area (Å²) < 4.78 is 2.78. The van der Waals surface area contributed by atoms with Crippen LogP contribution in [0.4, 0.5) is 0 Å². The van der Waals surface area contributed by atoms with Gasteiger partial charge in [0.05, 0.1) is 0 Å². The number of benzene rings is 8. The van der Waals surface area contributed by atoms with Crippen LogP contribution in [0.2, 0.25) is 0 Å². The van der Waals surface area contributed by atoms with Crippen molar-refractivity contribution in [1.29, 1.82) is 0 Å². The molecule has 0 saturated carbocycles. The summed E-state index contributed by atoms with van der Waals surface area (Å²) in [6.07, 6.45) is 0. The highest BCUT2D eigenvalue weighted by Gasteiger charge is 2.37. The van der Waals surface area contributed by atoms with Crippen LogP contribution in [0.15, 0.2) is 133 Å². The first-order valence-corrected chi connectivity index (χ1v) is 16.3. The van der Waals surface area contributed by atoms with Crippen LogP contribution < -0.4 is 0 Å². The van der Waals surface area contributed by atoms with Gasteiger partial charge in [-0.15, -0.1) is 11.3 Å². The molecule has 44 heavy (non-hydrogen) atoms. The first kappa shape index (κ1) is 24.5. The molecule has 9 aromatic rings. The molecule has 0 atom stereocenters. The van der Waals surface area contributed by atoms with Crippen LogP contribution in [0.1, 0.15) is 25.0 Å². The van der Waals surface area contributed by atoms with E-state index in [0.717, 1.165) is 0 Å². The Hall–Kier alpha value is -4.98. The van der Waals surface area contributed by atoms with Crippen molar-refractivity contribution in [3.8, 4) is 33.4 Å². The van der Waals surface area contributed by atoms with Crippen molar-refractivity contribution in [2.45, 2.75) is 19.3 Å². The van der Waals surface area contributed by atoms with Gasteiger partial charge in [0, 0.05) is 31.2 Å². The average molecular weight is 577 g/mol. The Bertz CT molecular complexity index is 2620. The van der Waals surface area contributed by atoms with Crippen molar-refractivity contribution in [1.82, 2.24) is 0 Å². The first-order valence-electron chi connectivity index (χ1n) is 15.4. The molecule has 0 bridgehead atoms. The van der Waals surface area contributed by atoms with Gasteiger partial charge in [-0.05, 0) is 83.4 Å². The molecule has 0 spiro atoms. The second kappa shape index (κ2) is 8.56. The molecule has 1 aliphatic carbocycles. The Balaban J connectivity index is 1.21. The normalized spacial score (nSPS) is 13.9. The fourth-order valence-corrected chi connectivity index (χ4v) is 9.36. The van der Waals surface area contributed by atoms with Gasteiger partial charge in [-0.3, -0.25) is 0 Å². The second-order valence-corrected chi connectivity index (χ2v) is 13.9. The maximum Gasteiger partial charge on any atom is 0.0437 e. The van der Waals surface area contributed by atoms with E-state index in [0.29, 0.717) is 0 Å². The van der Waals surface area contributed by atoms with Crippen LogP contribution >= 0.6 is 11.3 Å². The monoisotopic (exact) mass is 576 g/mol. The van der Waals surface area contributed by atoms with E-state index in [9.17, 15) is 0 Å². The van der Waals surface area contributed by atoms with Crippen LogP contribution in [0, 0.1) is 0 Å². The van der Waals surface area contributed by atoms with E-state index in [1.165, 1.54) is 97.0 Å². The van der Waals surface area contributed by atoms with Gasteiger partial charge in [0.15, 0.2) is 0 Å². The Labute approximate surface area is 260 Å². The summed E-state index contributed by atoms with van der Waals surface area (Å²) in [5.41, 5.74) is 10.8. The van der Waals surface area contributed by atoms with Crippen LogP contribution in [0.3, 0.4) is 0 Å². The van der Waals surface area contributed by atoms with Crippen molar-refractivity contribution in [2.75, 3.05) is 0 Å². The maximum atomic E-state index is 2.48. The van der Waals surface area contributed by atoms with Crippen LogP contribution in [-0.4, -0.2) is 0 Å². The summed E-state index contributed by atoms with van der Waals surface area (Å²) in [6, 6.07) is 50.1. The molecule has 10 rings (SSSR count). The van der Waals surface area contributed by atoms with Gasteiger partial charge in [0.1, 0.15) is 0 Å². The highest BCUT2D eigenvalue weighted by molar-refractivity contribution is 7.26. The molecule has 0 saturated heterocycles. The number of thiophene rings is 1. The van der Waals surface area contributed by atoms with Crippen molar-refractivity contribution >= 4 is 63.8 Å². The maximum absolute atomic E-state index is 2.48. The van der Waals surface area contributed by atoms with Crippen LogP contribution in [0.5, 0.6) is 0 Å². The minimum Gasteiger partial charge on any atom is -0.135 e. The Kier molecular flexibility index (Phi) is 4.76. The highest BCUT2D eigenvalue weighted by atomic mass is 32.1. The largest absolute Gasteiger partial charge is 0.135 e. The van der Waals surface area contributed by atoms with Gasteiger partial charge in [-0.2, -0.15) is 0 Å². The van der Waals surface area contributed by atoms with Gasteiger partial charge in [0.25, 0.3) is 0 Å². The van der Waals surface area contributed by atoms with Crippen molar-refractivity contribution in [3.63, 3.8) is 0 Å². The molecule has 1 aliphatic rings. The second-order valence-electron chi connectivity index (χ2n) is 12.9. The predicted molar refractivity (Wildman–Crippen MR) is 191 cm³/mol. The highest BCUT2D eigenvalue weighted by Crippen LogP contribution is 2.54. The third kappa shape index (κ3) is 3.12. The topological polar surface area (TPSA) is 0 Å². The molecule has 0 N–H and O–H groups in total. The average Bonchev–Trinajstić information content (AvgIpc) is 3.56. The Morgan fingerprint density at radius 3 is 1.82 bits per heavy atom. The fourth-order valence-electron chi connectivity index (χ4n) is 8.09. The van der Waals surface area contributed by atoms with Crippen molar-refractivity contribution in [2.24, 2.45) is 0 Å². The molecular weight excluding hydrogens is 549 g/mol.